The fraction of sp³-hybridized carbons (Fsp3) is 0.250. The van der Waals surface area contributed by atoms with Crippen molar-refractivity contribution in [1.82, 2.24) is 0 Å². The van der Waals surface area contributed by atoms with Gasteiger partial charge in [0.25, 0.3) is 0 Å². The van der Waals surface area contributed by atoms with Crippen LogP contribution >= 0.6 is 0 Å². The molecule has 0 fully saturated rings. The number of rotatable bonds is 0. The summed E-state index contributed by atoms with van der Waals surface area (Å²) in [6, 6.07) is 0. The summed E-state index contributed by atoms with van der Waals surface area (Å²) in [6.45, 7) is 20.5. The van der Waals surface area contributed by atoms with Crippen molar-refractivity contribution in [3.63, 3.8) is 0 Å². The topological polar surface area (TPSA) is 0 Å². The minimum atomic E-state index is 0. The van der Waals surface area contributed by atoms with E-state index in [1.54, 1.807) is 0 Å². The van der Waals surface area contributed by atoms with Crippen LogP contribution in [0.5, 0.6) is 0 Å². The Morgan fingerprint density at radius 2 is 0.556 bits per heavy atom. The van der Waals surface area contributed by atoms with Crippen LogP contribution in [0.15, 0.2) is 0 Å². The molecule has 0 saturated carbocycles. The standard InChI is InChI=1S/2C4H7.V/c2*1-4(2)3;/h2*4H,1-3H2;/q2*-3;. The Hall–Kier alpha value is 0.584. The van der Waals surface area contributed by atoms with Crippen LogP contribution in [0, 0.1) is 53.4 Å². The Bertz CT molecular complexity index is 20.0. The summed E-state index contributed by atoms with van der Waals surface area (Å²) >= 11 is 0. The molecule has 0 bridgehead atoms. The molecule has 0 aromatic rings. The van der Waals surface area contributed by atoms with Crippen molar-refractivity contribution in [2.75, 3.05) is 0 Å². The second kappa shape index (κ2) is 11.4. The summed E-state index contributed by atoms with van der Waals surface area (Å²) in [5.74, 6) is 0.167. The third-order valence-electron chi connectivity index (χ3n) is 0. The van der Waals surface area contributed by atoms with E-state index in [9.17, 15) is 0 Å². The Morgan fingerprint density at radius 3 is 0.556 bits per heavy atom. The van der Waals surface area contributed by atoms with E-state index in [4.69, 9.17) is 0 Å². The molecule has 0 spiro atoms. The summed E-state index contributed by atoms with van der Waals surface area (Å²) in [7, 11) is 0. The second-order valence-corrected chi connectivity index (χ2v) is 1.73. The van der Waals surface area contributed by atoms with Gasteiger partial charge in [-0.05, 0) is 0 Å². The van der Waals surface area contributed by atoms with Crippen molar-refractivity contribution in [3.8, 4) is 0 Å². The van der Waals surface area contributed by atoms with Crippen LogP contribution in [0.2, 0.25) is 0 Å². The van der Waals surface area contributed by atoms with Gasteiger partial charge in [0.15, 0.2) is 0 Å². The molecule has 57 valence electrons. The molecule has 0 atom stereocenters. The van der Waals surface area contributed by atoms with Gasteiger partial charge in [-0.25, -0.2) is 0 Å². The molecule has 0 unspecified atom stereocenters. The normalized spacial score (nSPS) is 8.00. The molecule has 0 aliphatic rings. The predicted molar refractivity (Wildman–Crippen MR) is 39.1 cm³/mol. The van der Waals surface area contributed by atoms with Crippen molar-refractivity contribution < 1.29 is 18.6 Å². The van der Waals surface area contributed by atoms with Gasteiger partial charge in [-0.3, -0.25) is 0 Å². The van der Waals surface area contributed by atoms with E-state index in [1.165, 1.54) is 0 Å². The Balaban J connectivity index is -0.0000000720. The van der Waals surface area contributed by atoms with Gasteiger partial charge in [-0.15, -0.1) is 0 Å². The van der Waals surface area contributed by atoms with Gasteiger partial charge in [0.05, 0.1) is 0 Å². The van der Waals surface area contributed by atoms with Crippen molar-refractivity contribution in [2.45, 2.75) is 0 Å². The van der Waals surface area contributed by atoms with Crippen LogP contribution in [-0.4, -0.2) is 0 Å². The van der Waals surface area contributed by atoms with Crippen molar-refractivity contribution >= 4 is 0 Å². The van der Waals surface area contributed by atoms with Crippen LogP contribution < -0.4 is 0 Å². The zero-order chi connectivity index (χ0) is 7.15. The van der Waals surface area contributed by atoms with E-state index >= 15 is 0 Å². The molecular weight excluding hydrogens is 147 g/mol. The maximum atomic E-state index is 3.42. The molecule has 9 heavy (non-hydrogen) atoms. The maximum absolute atomic E-state index is 3.42. The first-order valence-corrected chi connectivity index (χ1v) is 2.45. The van der Waals surface area contributed by atoms with Crippen molar-refractivity contribution in [1.29, 1.82) is 0 Å². The molecule has 0 N–H and O–H groups in total. The number of hydrogen-bond acceptors (Lipinski definition) is 0. The number of hydrogen-bond donors (Lipinski definition) is 0. The van der Waals surface area contributed by atoms with Crippen LogP contribution in [0.3, 0.4) is 0 Å². The molecule has 0 saturated heterocycles. The first-order chi connectivity index (χ1) is 3.46. The second-order valence-electron chi connectivity index (χ2n) is 1.73. The van der Waals surface area contributed by atoms with Gasteiger partial charge in [0.2, 0.25) is 0 Å². The summed E-state index contributed by atoms with van der Waals surface area (Å²) in [4.78, 5) is 0. The SMILES string of the molecule is [CH2-]C([CH2-])[CH2-].[CH2-]C([CH2-])[CH2-].[V]. The zero-order valence-corrected chi connectivity index (χ0v) is 7.24. The summed E-state index contributed by atoms with van der Waals surface area (Å²) in [5.41, 5.74) is 0. The molecule has 0 nitrogen and oxygen atoms in total. The van der Waals surface area contributed by atoms with Gasteiger partial charge in [0, 0.05) is 18.6 Å². The maximum Gasteiger partial charge on any atom is 0 e. The largest absolute Gasteiger partial charge is 0.447 e. The molecule has 0 rings (SSSR count). The smallest absolute Gasteiger partial charge is 0 e. The molecule has 0 aromatic heterocycles. The molecule has 0 heterocycles. The Morgan fingerprint density at radius 1 is 0.556 bits per heavy atom. The molecule has 0 aliphatic carbocycles. The summed E-state index contributed by atoms with van der Waals surface area (Å²) in [5, 5.41) is 0. The monoisotopic (exact) mass is 161 g/mol. The van der Waals surface area contributed by atoms with Crippen molar-refractivity contribution in [2.24, 2.45) is 11.8 Å². The Labute approximate surface area is 72.3 Å². The summed E-state index contributed by atoms with van der Waals surface area (Å²) in [6.07, 6.45) is 0. The van der Waals surface area contributed by atoms with Crippen molar-refractivity contribution in [3.05, 3.63) is 41.5 Å². The van der Waals surface area contributed by atoms with Gasteiger partial charge in [-0.1, -0.05) is 0 Å². The Kier molecular flexibility index (Phi) is 20.6. The van der Waals surface area contributed by atoms with Gasteiger partial charge >= 0.3 is 0 Å². The average Bonchev–Trinajstić information content (AvgIpc) is 1.25. The molecule has 1 radical (unpaired) electrons. The fourth-order valence-electron chi connectivity index (χ4n) is 0. The predicted octanol–water partition coefficient (Wildman–Crippen LogP) is 2.21. The minimum Gasteiger partial charge on any atom is -0.447 e. The molecule has 0 aliphatic heterocycles. The van der Waals surface area contributed by atoms with Gasteiger partial charge in [-0.2, -0.15) is 0 Å². The van der Waals surface area contributed by atoms with E-state index in [-0.39, 0.29) is 30.4 Å². The van der Waals surface area contributed by atoms with E-state index in [2.05, 4.69) is 41.5 Å². The van der Waals surface area contributed by atoms with Crippen LogP contribution in [-0.2, 0) is 18.6 Å². The zero-order valence-electron chi connectivity index (χ0n) is 5.84. The quantitative estimate of drug-likeness (QED) is 0.478. The molecular formula is C8H14V-6. The third kappa shape index (κ3) is 1090. The minimum absolute atomic E-state index is 0. The van der Waals surface area contributed by atoms with Crippen LogP contribution in [0.1, 0.15) is 0 Å². The third-order valence-corrected chi connectivity index (χ3v) is 0. The molecule has 0 amide bonds. The average molecular weight is 161 g/mol. The van der Waals surface area contributed by atoms with Gasteiger partial charge < -0.3 is 53.4 Å². The molecule has 0 aromatic carbocycles. The molecule has 1 heteroatoms. The fourth-order valence-corrected chi connectivity index (χ4v) is 0. The van der Waals surface area contributed by atoms with Crippen LogP contribution in [0.4, 0.5) is 0 Å². The van der Waals surface area contributed by atoms with E-state index in [0.717, 1.165) is 0 Å². The summed E-state index contributed by atoms with van der Waals surface area (Å²) < 4.78 is 0. The van der Waals surface area contributed by atoms with Gasteiger partial charge in [0.1, 0.15) is 0 Å². The van der Waals surface area contributed by atoms with E-state index in [1.807, 2.05) is 0 Å². The van der Waals surface area contributed by atoms with E-state index < -0.39 is 0 Å². The van der Waals surface area contributed by atoms with E-state index in [0.29, 0.717) is 0 Å². The first-order valence-electron chi connectivity index (χ1n) is 2.45. The van der Waals surface area contributed by atoms with Crippen LogP contribution in [0.25, 0.3) is 0 Å². The first kappa shape index (κ1) is 16.3.